The summed E-state index contributed by atoms with van der Waals surface area (Å²) in [6.45, 7) is -0.975. The highest BCUT2D eigenvalue weighted by Gasteiger charge is 2.17. The molecule has 0 bridgehead atoms. The second kappa shape index (κ2) is 6.10. The SMILES string of the molecule is CCN(Cc1ccccc1OC(F)F)S(C)(=O)=O. The van der Waals surface area contributed by atoms with Crippen molar-refractivity contribution < 1.29 is 21.9 Å². The van der Waals surface area contributed by atoms with Gasteiger partial charge in [-0.25, -0.2) is 8.42 Å². The summed E-state index contributed by atoms with van der Waals surface area (Å²) in [6.07, 6.45) is 1.08. The molecule has 0 saturated heterocycles. The molecule has 1 aromatic carbocycles. The van der Waals surface area contributed by atoms with Gasteiger partial charge in [-0.2, -0.15) is 13.1 Å². The molecule has 0 radical (unpaired) electrons. The smallest absolute Gasteiger partial charge is 0.387 e. The van der Waals surface area contributed by atoms with Crippen LogP contribution in [0.3, 0.4) is 0 Å². The number of nitrogens with zero attached hydrogens (tertiary/aromatic N) is 1. The predicted octanol–water partition coefficient (Wildman–Crippen LogP) is 2.07. The molecule has 4 nitrogen and oxygen atoms in total. The normalized spacial score (nSPS) is 12.1. The Morgan fingerprint density at radius 2 is 1.94 bits per heavy atom. The van der Waals surface area contributed by atoms with E-state index in [0.717, 1.165) is 6.26 Å². The van der Waals surface area contributed by atoms with Gasteiger partial charge >= 0.3 is 6.61 Å². The van der Waals surface area contributed by atoms with Crippen LogP contribution in [0.4, 0.5) is 8.78 Å². The lowest BCUT2D eigenvalue weighted by molar-refractivity contribution is -0.0506. The molecule has 102 valence electrons. The maximum Gasteiger partial charge on any atom is 0.387 e. The Morgan fingerprint density at radius 1 is 1.33 bits per heavy atom. The molecule has 0 atom stereocenters. The zero-order chi connectivity index (χ0) is 13.8. The Labute approximate surface area is 105 Å². The van der Waals surface area contributed by atoms with Gasteiger partial charge in [-0.3, -0.25) is 0 Å². The lowest BCUT2D eigenvalue weighted by Gasteiger charge is -2.19. The molecular weight excluding hydrogens is 264 g/mol. The topological polar surface area (TPSA) is 46.6 Å². The second-order valence-electron chi connectivity index (χ2n) is 3.68. The minimum atomic E-state index is -3.37. The predicted molar refractivity (Wildman–Crippen MR) is 64.0 cm³/mol. The Balaban J connectivity index is 2.96. The van der Waals surface area contributed by atoms with E-state index in [1.54, 1.807) is 25.1 Å². The van der Waals surface area contributed by atoms with Crippen molar-refractivity contribution in [1.82, 2.24) is 4.31 Å². The van der Waals surface area contributed by atoms with E-state index in [1.807, 2.05) is 0 Å². The van der Waals surface area contributed by atoms with Crippen molar-refractivity contribution in [1.29, 1.82) is 0 Å². The molecule has 18 heavy (non-hydrogen) atoms. The molecule has 0 fully saturated rings. The van der Waals surface area contributed by atoms with Crippen LogP contribution in [-0.2, 0) is 16.6 Å². The monoisotopic (exact) mass is 279 g/mol. The van der Waals surface area contributed by atoms with Gasteiger partial charge in [0.25, 0.3) is 0 Å². The first-order valence-corrected chi connectivity index (χ1v) is 7.17. The number of para-hydroxylation sites is 1. The molecule has 0 amide bonds. The third kappa shape index (κ3) is 4.23. The van der Waals surface area contributed by atoms with Gasteiger partial charge in [0.2, 0.25) is 10.0 Å². The number of sulfonamides is 1. The van der Waals surface area contributed by atoms with Crippen molar-refractivity contribution in [2.45, 2.75) is 20.1 Å². The van der Waals surface area contributed by atoms with Crippen LogP contribution in [0.5, 0.6) is 5.75 Å². The summed E-state index contributed by atoms with van der Waals surface area (Å²) in [6, 6.07) is 6.14. The third-order valence-electron chi connectivity index (χ3n) is 2.36. The summed E-state index contributed by atoms with van der Waals surface area (Å²) >= 11 is 0. The number of halogens is 2. The molecule has 0 aromatic heterocycles. The largest absolute Gasteiger partial charge is 0.434 e. The molecule has 1 rings (SSSR count). The van der Waals surface area contributed by atoms with E-state index in [2.05, 4.69) is 4.74 Å². The van der Waals surface area contributed by atoms with E-state index in [-0.39, 0.29) is 18.8 Å². The average Bonchev–Trinajstić information content (AvgIpc) is 2.25. The maximum absolute atomic E-state index is 12.2. The van der Waals surface area contributed by atoms with Crippen LogP contribution >= 0.6 is 0 Å². The molecule has 0 N–H and O–H groups in total. The fourth-order valence-electron chi connectivity index (χ4n) is 1.50. The molecule has 7 heteroatoms. The van der Waals surface area contributed by atoms with Crippen molar-refractivity contribution in [3.8, 4) is 5.75 Å². The fourth-order valence-corrected chi connectivity index (χ4v) is 2.34. The van der Waals surface area contributed by atoms with E-state index < -0.39 is 16.6 Å². The van der Waals surface area contributed by atoms with Crippen LogP contribution in [0, 0.1) is 0 Å². The van der Waals surface area contributed by atoms with E-state index in [0.29, 0.717) is 5.56 Å². The number of alkyl halides is 2. The molecule has 0 spiro atoms. The number of hydrogen-bond donors (Lipinski definition) is 0. The first-order valence-electron chi connectivity index (χ1n) is 5.32. The highest BCUT2D eigenvalue weighted by atomic mass is 32.2. The minimum absolute atomic E-state index is 0.00500. The molecule has 0 heterocycles. The Hall–Kier alpha value is -1.21. The van der Waals surface area contributed by atoms with Gasteiger partial charge in [0, 0.05) is 18.7 Å². The highest BCUT2D eigenvalue weighted by molar-refractivity contribution is 7.88. The minimum Gasteiger partial charge on any atom is -0.434 e. The summed E-state index contributed by atoms with van der Waals surface area (Å²) in [5.41, 5.74) is 0.407. The molecular formula is C11H15F2NO3S. The summed E-state index contributed by atoms with van der Waals surface area (Å²) in [5.74, 6) is -0.00500. The van der Waals surface area contributed by atoms with Crippen LogP contribution in [0.2, 0.25) is 0 Å². The van der Waals surface area contributed by atoms with Gasteiger partial charge < -0.3 is 4.74 Å². The molecule has 0 aliphatic carbocycles. The van der Waals surface area contributed by atoms with Crippen molar-refractivity contribution >= 4 is 10.0 Å². The van der Waals surface area contributed by atoms with Gasteiger partial charge in [0.1, 0.15) is 5.75 Å². The van der Waals surface area contributed by atoms with Crippen LogP contribution in [0.25, 0.3) is 0 Å². The van der Waals surface area contributed by atoms with Gasteiger partial charge in [0.05, 0.1) is 6.26 Å². The molecule has 1 aromatic rings. The highest BCUT2D eigenvalue weighted by Crippen LogP contribution is 2.22. The van der Waals surface area contributed by atoms with Gasteiger partial charge in [0.15, 0.2) is 0 Å². The maximum atomic E-state index is 12.2. The quantitative estimate of drug-likeness (QED) is 0.801. The van der Waals surface area contributed by atoms with E-state index in [1.165, 1.54) is 10.4 Å². The Bertz CT molecular complexity index is 491. The number of benzene rings is 1. The first kappa shape index (κ1) is 14.8. The standard InChI is InChI=1S/C11H15F2NO3S/c1-3-14(18(2,15)16)8-9-6-4-5-7-10(9)17-11(12)13/h4-7,11H,3,8H2,1-2H3. The van der Waals surface area contributed by atoms with Crippen molar-refractivity contribution in [3.63, 3.8) is 0 Å². The number of rotatable bonds is 6. The molecule has 0 unspecified atom stereocenters. The van der Waals surface area contributed by atoms with Crippen LogP contribution in [-0.4, -0.2) is 32.1 Å². The first-order chi connectivity index (χ1) is 8.34. The lowest BCUT2D eigenvalue weighted by atomic mass is 10.2. The second-order valence-corrected chi connectivity index (χ2v) is 5.66. The zero-order valence-corrected chi connectivity index (χ0v) is 11.0. The van der Waals surface area contributed by atoms with Gasteiger partial charge in [-0.1, -0.05) is 25.1 Å². The van der Waals surface area contributed by atoms with Gasteiger partial charge in [-0.05, 0) is 6.07 Å². The average molecular weight is 279 g/mol. The summed E-state index contributed by atoms with van der Waals surface area (Å²) < 4.78 is 52.8. The van der Waals surface area contributed by atoms with E-state index in [9.17, 15) is 17.2 Å². The van der Waals surface area contributed by atoms with Crippen LogP contribution in [0.15, 0.2) is 24.3 Å². The lowest BCUT2D eigenvalue weighted by Crippen LogP contribution is -2.29. The molecule has 0 aliphatic rings. The molecule has 0 aliphatic heterocycles. The Kier molecular flexibility index (Phi) is 5.03. The third-order valence-corrected chi connectivity index (χ3v) is 3.68. The summed E-state index contributed by atoms with van der Waals surface area (Å²) in [4.78, 5) is 0. The van der Waals surface area contributed by atoms with Crippen LogP contribution in [0.1, 0.15) is 12.5 Å². The van der Waals surface area contributed by atoms with E-state index in [4.69, 9.17) is 0 Å². The van der Waals surface area contributed by atoms with Crippen molar-refractivity contribution in [3.05, 3.63) is 29.8 Å². The summed E-state index contributed by atoms with van der Waals surface area (Å²) in [5, 5.41) is 0. The van der Waals surface area contributed by atoms with Crippen molar-refractivity contribution in [2.75, 3.05) is 12.8 Å². The Morgan fingerprint density at radius 3 is 2.44 bits per heavy atom. The molecule has 0 saturated carbocycles. The summed E-state index contributed by atoms with van der Waals surface area (Å²) in [7, 11) is -3.37. The fraction of sp³-hybridized carbons (Fsp3) is 0.455. The van der Waals surface area contributed by atoms with E-state index >= 15 is 0 Å². The number of hydrogen-bond acceptors (Lipinski definition) is 3. The number of ether oxygens (including phenoxy) is 1. The van der Waals surface area contributed by atoms with Crippen LogP contribution < -0.4 is 4.74 Å². The van der Waals surface area contributed by atoms with Crippen molar-refractivity contribution in [2.24, 2.45) is 0 Å². The van der Waals surface area contributed by atoms with Gasteiger partial charge in [-0.15, -0.1) is 0 Å². The zero-order valence-electron chi connectivity index (χ0n) is 10.1.